The van der Waals surface area contributed by atoms with Gasteiger partial charge in [-0.3, -0.25) is 9.59 Å². The molecule has 21 heavy (non-hydrogen) atoms. The lowest BCUT2D eigenvalue weighted by atomic mass is 10.0. The molecule has 0 saturated carbocycles. The summed E-state index contributed by atoms with van der Waals surface area (Å²) in [6, 6.07) is 3.70. The second kappa shape index (κ2) is 7.10. The molecule has 4 nitrogen and oxygen atoms in total. The van der Waals surface area contributed by atoms with Gasteiger partial charge in [0, 0.05) is 29.5 Å². The fourth-order valence-electron chi connectivity index (χ4n) is 2.33. The number of carbonyl (C=O) groups is 2. The third kappa shape index (κ3) is 3.47. The third-order valence-corrected chi connectivity index (χ3v) is 5.88. The molecule has 0 radical (unpaired) electrons. The van der Waals surface area contributed by atoms with Gasteiger partial charge in [0.2, 0.25) is 5.91 Å². The molecule has 1 amide bonds. The van der Waals surface area contributed by atoms with Crippen LogP contribution in [-0.4, -0.2) is 41.2 Å². The SMILES string of the molecule is CCc1sc(C(=O)[C@@H](C#N)C(=O)N2CCSCC2)cc1C. The van der Waals surface area contributed by atoms with Gasteiger partial charge in [-0.2, -0.15) is 17.0 Å². The van der Waals surface area contributed by atoms with Gasteiger partial charge < -0.3 is 4.90 Å². The second-order valence-corrected chi connectivity index (χ2v) is 7.30. The number of hydrogen-bond donors (Lipinski definition) is 0. The summed E-state index contributed by atoms with van der Waals surface area (Å²) in [6.07, 6.45) is 0.859. The first-order chi connectivity index (χ1) is 10.1. The van der Waals surface area contributed by atoms with E-state index < -0.39 is 5.92 Å². The van der Waals surface area contributed by atoms with Crippen molar-refractivity contribution in [3.05, 3.63) is 21.4 Å². The summed E-state index contributed by atoms with van der Waals surface area (Å²) in [7, 11) is 0. The van der Waals surface area contributed by atoms with Crippen molar-refractivity contribution in [1.29, 1.82) is 5.26 Å². The van der Waals surface area contributed by atoms with E-state index in [0.29, 0.717) is 18.0 Å². The zero-order valence-electron chi connectivity index (χ0n) is 12.2. The van der Waals surface area contributed by atoms with E-state index in [-0.39, 0.29) is 11.7 Å². The molecule has 0 spiro atoms. The first kappa shape index (κ1) is 16.1. The standard InChI is InChI=1S/C15H18N2O2S2/c1-3-12-10(2)8-13(21-12)14(18)11(9-16)15(19)17-4-6-20-7-5-17/h8,11H,3-7H2,1-2H3/t11-/m1/s1. The summed E-state index contributed by atoms with van der Waals surface area (Å²) in [6.45, 7) is 5.24. The zero-order valence-corrected chi connectivity index (χ0v) is 13.9. The molecule has 0 bridgehead atoms. The van der Waals surface area contributed by atoms with Crippen LogP contribution in [0.25, 0.3) is 0 Å². The third-order valence-electron chi connectivity index (χ3n) is 3.55. The molecule has 1 aliphatic rings. The summed E-state index contributed by atoms with van der Waals surface area (Å²) in [5.41, 5.74) is 1.06. The van der Waals surface area contributed by atoms with Crippen LogP contribution in [0.15, 0.2) is 6.07 Å². The number of hydrogen-bond acceptors (Lipinski definition) is 5. The molecule has 2 heterocycles. The van der Waals surface area contributed by atoms with Gasteiger partial charge in [0.25, 0.3) is 0 Å². The van der Waals surface area contributed by atoms with Gasteiger partial charge >= 0.3 is 0 Å². The predicted molar refractivity (Wildman–Crippen MR) is 85.8 cm³/mol. The van der Waals surface area contributed by atoms with Gasteiger partial charge in [0.05, 0.1) is 10.9 Å². The molecule has 0 aromatic carbocycles. The van der Waals surface area contributed by atoms with Crippen LogP contribution in [0.5, 0.6) is 0 Å². The van der Waals surface area contributed by atoms with Gasteiger partial charge in [-0.15, -0.1) is 11.3 Å². The molecule has 1 aliphatic heterocycles. The van der Waals surface area contributed by atoms with E-state index in [1.807, 2.05) is 19.9 Å². The molecular weight excluding hydrogens is 304 g/mol. The average Bonchev–Trinajstić information content (AvgIpc) is 2.89. The Bertz CT molecular complexity index is 583. The lowest BCUT2D eigenvalue weighted by Crippen LogP contribution is -2.43. The van der Waals surface area contributed by atoms with Crippen LogP contribution in [0.3, 0.4) is 0 Å². The molecule has 0 unspecified atom stereocenters. The van der Waals surface area contributed by atoms with E-state index in [0.717, 1.165) is 28.4 Å². The smallest absolute Gasteiger partial charge is 0.248 e. The van der Waals surface area contributed by atoms with Crippen LogP contribution in [0.4, 0.5) is 0 Å². The highest BCUT2D eigenvalue weighted by atomic mass is 32.2. The lowest BCUT2D eigenvalue weighted by molar-refractivity contribution is -0.132. The maximum atomic E-state index is 12.5. The van der Waals surface area contributed by atoms with E-state index in [2.05, 4.69) is 0 Å². The van der Waals surface area contributed by atoms with Crippen molar-refractivity contribution in [3.8, 4) is 6.07 Å². The number of thioether (sulfide) groups is 1. The van der Waals surface area contributed by atoms with Gasteiger partial charge in [0.15, 0.2) is 11.7 Å². The molecule has 1 fully saturated rings. The molecule has 112 valence electrons. The van der Waals surface area contributed by atoms with E-state index in [9.17, 15) is 14.9 Å². The maximum Gasteiger partial charge on any atom is 0.248 e. The van der Waals surface area contributed by atoms with Gasteiger partial charge in [-0.05, 0) is 25.0 Å². The first-order valence-electron chi connectivity index (χ1n) is 6.98. The number of aryl methyl sites for hydroxylation is 2. The Morgan fingerprint density at radius 2 is 2.10 bits per heavy atom. The Kier molecular flexibility index (Phi) is 5.43. The molecular formula is C15H18N2O2S2. The fraction of sp³-hybridized carbons (Fsp3) is 0.533. The van der Waals surface area contributed by atoms with Crippen molar-refractivity contribution in [2.75, 3.05) is 24.6 Å². The first-order valence-corrected chi connectivity index (χ1v) is 8.95. The normalized spacial score (nSPS) is 16.3. The Morgan fingerprint density at radius 3 is 2.62 bits per heavy atom. The van der Waals surface area contributed by atoms with Crippen molar-refractivity contribution < 1.29 is 9.59 Å². The minimum absolute atomic E-state index is 0.341. The molecule has 0 N–H and O–H groups in total. The Hall–Kier alpha value is -1.32. The van der Waals surface area contributed by atoms with Crippen LogP contribution in [0, 0.1) is 24.2 Å². The second-order valence-electron chi connectivity index (χ2n) is 4.93. The quantitative estimate of drug-likeness (QED) is 0.631. The minimum Gasteiger partial charge on any atom is -0.339 e. The highest BCUT2D eigenvalue weighted by Gasteiger charge is 2.33. The lowest BCUT2D eigenvalue weighted by Gasteiger charge is -2.27. The van der Waals surface area contributed by atoms with Crippen LogP contribution in [0.1, 0.15) is 27.0 Å². The molecule has 1 aromatic heterocycles. The van der Waals surface area contributed by atoms with Crippen LogP contribution in [0.2, 0.25) is 0 Å². The number of nitrogens with zero attached hydrogens (tertiary/aromatic N) is 2. The molecule has 2 rings (SSSR count). The summed E-state index contributed by atoms with van der Waals surface area (Å²) in [5.74, 6) is -0.150. The molecule has 0 aliphatic carbocycles. The summed E-state index contributed by atoms with van der Waals surface area (Å²) >= 11 is 3.19. The van der Waals surface area contributed by atoms with Crippen molar-refractivity contribution in [2.45, 2.75) is 20.3 Å². The van der Waals surface area contributed by atoms with Gasteiger partial charge in [-0.1, -0.05) is 6.92 Å². The number of carbonyl (C=O) groups excluding carboxylic acids is 2. The Morgan fingerprint density at radius 1 is 1.43 bits per heavy atom. The topological polar surface area (TPSA) is 61.2 Å². The number of thiophene rings is 1. The summed E-state index contributed by atoms with van der Waals surface area (Å²) in [4.78, 5) is 28.2. The Balaban J connectivity index is 2.17. The van der Waals surface area contributed by atoms with Crippen molar-refractivity contribution in [3.63, 3.8) is 0 Å². The van der Waals surface area contributed by atoms with Crippen LogP contribution >= 0.6 is 23.1 Å². The van der Waals surface area contributed by atoms with Gasteiger partial charge in [-0.25, -0.2) is 0 Å². The largest absolute Gasteiger partial charge is 0.339 e. The van der Waals surface area contributed by atoms with Crippen LogP contribution in [-0.2, 0) is 11.2 Å². The van der Waals surface area contributed by atoms with Crippen LogP contribution < -0.4 is 0 Å². The number of amides is 1. The highest BCUT2D eigenvalue weighted by Crippen LogP contribution is 2.25. The van der Waals surface area contributed by atoms with Crippen molar-refractivity contribution in [1.82, 2.24) is 4.90 Å². The molecule has 6 heteroatoms. The summed E-state index contributed by atoms with van der Waals surface area (Å²) < 4.78 is 0. The Labute approximate surface area is 133 Å². The number of nitriles is 1. The monoisotopic (exact) mass is 322 g/mol. The van der Waals surface area contributed by atoms with Crippen molar-refractivity contribution >= 4 is 34.8 Å². The van der Waals surface area contributed by atoms with E-state index in [4.69, 9.17) is 0 Å². The molecule has 1 aromatic rings. The fourth-order valence-corrected chi connectivity index (χ4v) is 4.31. The number of rotatable bonds is 4. The minimum atomic E-state index is -1.20. The van der Waals surface area contributed by atoms with E-state index in [1.165, 1.54) is 11.3 Å². The zero-order chi connectivity index (χ0) is 15.4. The predicted octanol–water partition coefficient (Wildman–Crippen LogP) is 2.52. The molecule has 1 atom stereocenters. The van der Waals surface area contributed by atoms with E-state index >= 15 is 0 Å². The summed E-state index contributed by atoms with van der Waals surface area (Å²) in [5, 5.41) is 9.27. The van der Waals surface area contributed by atoms with E-state index in [1.54, 1.807) is 22.7 Å². The maximum absolute atomic E-state index is 12.5. The number of ketones is 1. The number of Topliss-reactive ketones (excluding diaryl/α,β-unsaturated/α-hetero) is 1. The molecule has 1 saturated heterocycles. The average molecular weight is 322 g/mol. The highest BCUT2D eigenvalue weighted by molar-refractivity contribution is 7.99. The van der Waals surface area contributed by atoms with Crippen molar-refractivity contribution in [2.24, 2.45) is 5.92 Å². The van der Waals surface area contributed by atoms with Gasteiger partial charge in [0.1, 0.15) is 0 Å².